The second kappa shape index (κ2) is 13.9. The first-order chi connectivity index (χ1) is 21.5. The van der Waals surface area contributed by atoms with Gasteiger partial charge in [0.05, 0.1) is 36.0 Å². The summed E-state index contributed by atoms with van der Waals surface area (Å²) in [5.74, 6) is -0.274. The van der Waals surface area contributed by atoms with Crippen molar-refractivity contribution in [3.05, 3.63) is 143 Å². The van der Waals surface area contributed by atoms with E-state index in [0.717, 1.165) is 47.3 Å². The van der Waals surface area contributed by atoms with Crippen molar-refractivity contribution in [2.24, 2.45) is 0 Å². The van der Waals surface area contributed by atoms with Crippen LogP contribution in [0.15, 0.2) is 109 Å². The van der Waals surface area contributed by atoms with Crippen LogP contribution < -0.4 is 5.32 Å². The van der Waals surface area contributed by atoms with Gasteiger partial charge in [-0.05, 0) is 41.4 Å². The van der Waals surface area contributed by atoms with E-state index in [1.54, 1.807) is 0 Å². The number of carbonyl (C=O) groups is 1. The number of hydrogen-bond acceptors (Lipinski definition) is 7. The SMILES string of the molecule is CN(Cc1ccccc1)C[C@@H]1C[C@H](c2ccc(CO)cc2)O[C@H](c2ccc(CNC(=O)c3cnc4ccccc4n3)cc2)O1. The van der Waals surface area contributed by atoms with Crippen LogP contribution in [0.5, 0.6) is 0 Å². The molecule has 1 aliphatic heterocycles. The minimum atomic E-state index is -0.544. The van der Waals surface area contributed by atoms with Crippen molar-refractivity contribution in [3.8, 4) is 0 Å². The second-order valence-corrected chi connectivity index (χ2v) is 11.2. The fourth-order valence-electron chi connectivity index (χ4n) is 5.47. The van der Waals surface area contributed by atoms with Crippen molar-refractivity contribution in [1.29, 1.82) is 0 Å². The minimum absolute atomic E-state index is 0.00685. The molecule has 1 amide bonds. The molecule has 6 rings (SSSR count). The van der Waals surface area contributed by atoms with Crippen LogP contribution in [-0.2, 0) is 29.2 Å². The number of hydrogen-bond donors (Lipinski definition) is 2. The van der Waals surface area contributed by atoms with Crippen molar-refractivity contribution in [2.75, 3.05) is 13.6 Å². The van der Waals surface area contributed by atoms with Gasteiger partial charge in [-0.2, -0.15) is 0 Å². The van der Waals surface area contributed by atoms with Gasteiger partial charge in [0.15, 0.2) is 6.29 Å². The summed E-state index contributed by atoms with van der Waals surface area (Å²) in [4.78, 5) is 23.8. The summed E-state index contributed by atoms with van der Waals surface area (Å²) < 4.78 is 13.0. The highest BCUT2D eigenvalue weighted by molar-refractivity contribution is 5.93. The summed E-state index contributed by atoms with van der Waals surface area (Å²) in [5.41, 5.74) is 6.75. The van der Waals surface area contributed by atoms with Crippen molar-refractivity contribution in [2.45, 2.75) is 44.6 Å². The topological polar surface area (TPSA) is 96.8 Å². The van der Waals surface area contributed by atoms with Crippen LogP contribution in [-0.4, -0.2) is 45.6 Å². The molecule has 0 radical (unpaired) electrons. The number of likely N-dealkylation sites (N-methyl/N-ethyl adjacent to an activating group) is 1. The number of aromatic nitrogens is 2. The molecular formula is C36H36N4O4. The first-order valence-corrected chi connectivity index (χ1v) is 14.9. The minimum Gasteiger partial charge on any atom is -0.392 e. The lowest BCUT2D eigenvalue weighted by molar-refractivity contribution is -0.252. The number of carbonyl (C=O) groups excluding carboxylic acids is 1. The molecule has 1 saturated heterocycles. The third-order valence-electron chi connectivity index (χ3n) is 7.81. The first kappa shape index (κ1) is 29.6. The van der Waals surface area contributed by atoms with Gasteiger partial charge < -0.3 is 19.9 Å². The number of rotatable bonds is 10. The van der Waals surface area contributed by atoms with Gasteiger partial charge in [-0.15, -0.1) is 0 Å². The summed E-state index contributed by atoms with van der Waals surface area (Å²) in [5, 5.41) is 12.4. The van der Waals surface area contributed by atoms with Crippen LogP contribution in [0.2, 0.25) is 0 Å². The van der Waals surface area contributed by atoms with Gasteiger partial charge in [0.25, 0.3) is 5.91 Å². The number of ether oxygens (including phenoxy) is 2. The number of nitrogens with one attached hydrogen (secondary N) is 1. The van der Waals surface area contributed by atoms with E-state index in [9.17, 15) is 9.90 Å². The van der Waals surface area contributed by atoms with Gasteiger partial charge in [-0.25, -0.2) is 4.98 Å². The van der Waals surface area contributed by atoms with Crippen LogP contribution in [0.25, 0.3) is 11.0 Å². The Labute approximate surface area is 257 Å². The van der Waals surface area contributed by atoms with Crippen molar-refractivity contribution in [1.82, 2.24) is 20.2 Å². The van der Waals surface area contributed by atoms with Crippen LogP contribution in [0.4, 0.5) is 0 Å². The first-order valence-electron chi connectivity index (χ1n) is 14.9. The summed E-state index contributed by atoms with van der Waals surface area (Å²) in [6.07, 6.45) is 1.47. The van der Waals surface area contributed by atoms with Crippen LogP contribution in [0.1, 0.15) is 57.1 Å². The fraction of sp³-hybridized carbons (Fsp3) is 0.250. The largest absolute Gasteiger partial charge is 0.392 e. The molecule has 2 N–H and O–H groups in total. The summed E-state index contributed by atoms with van der Waals surface area (Å²) >= 11 is 0. The predicted molar refractivity (Wildman–Crippen MR) is 168 cm³/mol. The molecule has 2 heterocycles. The van der Waals surface area contributed by atoms with Crippen LogP contribution in [0.3, 0.4) is 0 Å². The maximum absolute atomic E-state index is 12.8. The highest BCUT2D eigenvalue weighted by Gasteiger charge is 2.32. The lowest BCUT2D eigenvalue weighted by atomic mass is 9.99. The third kappa shape index (κ3) is 7.35. The maximum Gasteiger partial charge on any atom is 0.271 e. The van der Waals surface area contributed by atoms with Crippen LogP contribution >= 0.6 is 0 Å². The molecule has 8 nitrogen and oxygen atoms in total. The molecular weight excluding hydrogens is 552 g/mol. The molecule has 44 heavy (non-hydrogen) atoms. The molecule has 224 valence electrons. The standard InChI is InChI=1S/C36H36N4O4/c1-40(22-26-7-3-2-4-8-26)23-30-19-34(28-15-13-27(24-41)14-16-28)44-36(43-30)29-17-11-25(12-18-29)20-38-35(42)33-21-37-31-9-5-6-10-32(31)39-33/h2-18,21,30,34,36,41H,19-20,22-24H2,1H3,(H,38,42)/t30-,34+,36+/m0/s1. The quantitative estimate of drug-likeness (QED) is 0.215. The number of benzene rings is 4. The monoisotopic (exact) mass is 588 g/mol. The Bertz CT molecular complexity index is 1680. The summed E-state index contributed by atoms with van der Waals surface area (Å²) in [6, 6.07) is 33.7. The van der Waals surface area contributed by atoms with E-state index >= 15 is 0 Å². The zero-order valence-electron chi connectivity index (χ0n) is 24.7. The normalized spacial score (nSPS) is 18.4. The van der Waals surface area contributed by atoms with Gasteiger partial charge in [0.1, 0.15) is 5.69 Å². The van der Waals surface area contributed by atoms with Gasteiger partial charge >= 0.3 is 0 Å². The zero-order valence-corrected chi connectivity index (χ0v) is 24.7. The Morgan fingerprint density at radius 1 is 0.841 bits per heavy atom. The van der Waals surface area contributed by atoms with E-state index in [1.807, 2.05) is 78.9 Å². The van der Waals surface area contributed by atoms with Crippen molar-refractivity contribution in [3.63, 3.8) is 0 Å². The smallest absolute Gasteiger partial charge is 0.271 e. The predicted octanol–water partition coefficient (Wildman–Crippen LogP) is 5.73. The maximum atomic E-state index is 12.8. The number of para-hydroxylation sites is 2. The van der Waals surface area contributed by atoms with E-state index in [4.69, 9.17) is 9.47 Å². The lowest BCUT2D eigenvalue weighted by Gasteiger charge is -2.38. The Kier molecular flexibility index (Phi) is 9.34. The molecule has 1 aromatic heterocycles. The molecule has 0 bridgehead atoms. The molecule has 1 fully saturated rings. The van der Waals surface area contributed by atoms with E-state index in [0.29, 0.717) is 12.1 Å². The van der Waals surface area contributed by atoms with Gasteiger partial charge in [0.2, 0.25) is 0 Å². The van der Waals surface area contributed by atoms with Crippen molar-refractivity contribution < 1.29 is 19.4 Å². The number of nitrogens with zero attached hydrogens (tertiary/aromatic N) is 3. The third-order valence-corrected chi connectivity index (χ3v) is 7.81. The highest BCUT2D eigenvalue weighted by Crippen LogP contribution is 2.38. The molecule has 0 aliphatic carbocycles. The fourth-order valence-corrected chi connectivity index (χ4v) is 5.47. The molecule has 4 aromatic carbocycles. The average molecular weight is 589 g/mol. The molecule has 1 aliphatic rings. The number of aliphatic hydroxyl groups is 1. The molecule has 0 spiro atoms. The van der Waals surface area contributed by atoms with Gasteiger partial charge in [0, 0.05) is 31.6 Å². The number of fused-ring (bicyclic) bond motifs is 1. The van der Waals surface area contributed by atoms with Gasteiger partial charge in [-0.3, -0.25) is 14.7 Å². The van der Waals surface area contributed by atoms with Gasteiger partial charge in [-0.1, -0.05) is 91.0 Å². The number of amides is 1. The molecule has 8 heteroatoms. The number of aliphatic hydroxyl groups excluding tert-OH is 1. The molecule has 0 saturated carbocycles. The van der Waals surface area contributed by atoms with E-state index in [1.165, 1.54) is 11.8 Å². The zero-order chi connectivity index (χ0) is 30.3. The lowest BCUT2D eigenvalue weighted by Crippen LogP contribution is -2.37. The average Bonchev–Trinajstić information content (AvgIpc) is 3.07. The summed E-state index contributed by atoms with van der Waals surface area (Å²) in [7, 11) is 2.11. The van der Waals surface area contributed by atoms with Crippen molar-refractivity contribution >= 4 is 16.9 Å². The molecule has 5 aromatic rings. The van der Waals surface area contributed by atoms with E-state index in [2.05, 4.69) is 51.5 Å². The Morgan fingerprint density at radius 2 is 1.52 bits per heavy atom. The van der Waals surface area contributed by atoms with Crippen LogP contribution in [0, 0.1) is 0 Å². The Balaban J connectivity index is 1.12. The highest BCUT2D eigenvalue weighted by atomic mass is 16.7. The Hall–Kier alpha value is -4.47. The molecule has 0 unspecified atom stereocenters. The second-order valence-electron chi connectivity index (χ2n) is 11.2. The molecule has 3 atom stereocenters. The van der Waals surface area contributed by atoms with E-state index in [-0.39, 0.29) is 30.4 Å². The Morgan fingerprint density at radius 3 is 2.27 bits per heavy atom. The van der Waals surface area contributed by atoms with E-state index < -0.39 is 6.29 Å². The summed E-state index contributed by atoms with van der Waals surface area (Å²) in [6.45, 7) is 1.94.